The molecule has 0 radical (unpaired) electrons. The first-order chi connectivity index (χ1) is 6.96. The normalized spacial score (nSPS) is 12.2. The predicted molar refractivity (Wildman–Crippen MR) is 58.1 cm³/mol. The van der Waals surface area contributed by atoms with Gasteiger partial charge in [0.15, 0.2) is 11.5 Å². The van der Waals surface area contributed by atoms with Gasteiger partial charge in [0, 0.05) is 12.0 Å². The van der Waals surface area contributed by atoms with Gasteiger partial charge in [-0.3, -0.25) is 0 Å². The summed E-state index contributed by atoms with van der Waals surface area (Å²) in [7, 11) is 0. The van der Waals surface area contributed by atoms with E-state index in [2.05, 4.69) is 19.9 Å². The lowest BCUT2D eigenvalue weighted by molar-refractivity contribution is 0.505. The van der Waals surface area contributed by atoms with Crippen molar-refractivity contribution in [3.63, 3.8) is 0 Å². The Morgan fingerprint density at radius 3 is 2.73 bits per heavy atom. The minimum Gasteiger partial charge on any atom is -0.382 e. The molecule has 2 heterocycles. The van der Waals surface area contributed by atoms with Crippen LogP contribution in [0.25, 0.3) is 11.2 Å². The molecule has 6 heteroatoms. The molecule has 0 unspecified atom stereocenters. The van der Waals surface area contributed by atoms with Gasteiger partial charge in [-0.2, -0.15) is 0 Å². The number of H-pyrrole nitrogens is 1. The molecule has 15 heavy (non-hydrogen) atoms. The summed E-state index contributed by atoms with van der Waals surface area (Å²) in [5, 5.41) is 0. The number of nitrogens with two attached hydrogens (primary N) is 2. The molecule has 0 saturated heterocycles. The topological polar surface area (TPSA) is 106 Å². The number of fused-ring (bicyclic) bond motifs is 1. The van der Waals surface area contributed by atoms with Gasteiger partial charge in [-0.15, -0.1) is 0 Å². The monoisotopic (exact) mass is 206 g/mol. The number of nitrogens with zero attached hydrogens (tertiary/aromatic N) is 3. The molecule has 0 saturated carbocycles. The van der Waals surface area contributed by atoms with E-state index in [9.17, 15) is 0 Å². The van der Waals surface area contributed by atoms with Crippen molar-refractivity contribution in [2.45, 2.75) is 25.8 Å². The Morgan fingerprint density at radius 2 is 2.13 bits per heavy atom. The second kappa shape index (κ2) is 3.16. The molecule has 5 N–H and O–H groups in total. The summed E-state index contributed by atoms with van der Waals surface area (Å²) in [6.45, 7) is 3.88. The summed E-state index contributed by atoms with van der Waals surface area (Å²) in [4.78, 5) is 15.3. The molecule has 0 aliphatic carbocycles. The minimum absolute atomic E-state index is 0.309. The van der Waals surface area contributed by atoms with Crippen molar-refractivity contribution in [2.75, 3.05) is 5.73 Å². The molecule has 0 aromatic carbocycles. The number of hydrogen-bond acceptors (Lipinski definition) is 5. The van der Waals surface area contributed by atoms with Crippen molar-refractivity contribution in [3.05, 3.63) is 12.2 Å². The molecule has 80 valence electrons. The smallest absolute Gasteiger partial charge is 0.183 e. The quantitative estimate of drug-likeness (QED) is 0.651. The first-order valence-electron chi connectivity index (χ1n) is 4.70. The third kappa shape index (κ3) is 2.04. The van der Waals surface area contributed by atoms with E-state index in [4.69, 9.17) is 11.5 Å². The summed E-state index contributed by atoms with van der Waals surface area (Å²) in [6.07, 6.45) is 2.04. The molecule has 0 bridgehead atoms. The molecular weight excluding hydrogens is 192 g/mol. The van der Waals surface area contributed by atoms with Crippen LogP contribution in [0.2, 0.25) is 0 Å². The van der Waals surface area contributed by atoms with E-state index < -0.39 is 0 Å². The zero-order chi connectivity index (χ0) is 11.1. The molecule has 0 aliphatic rings. The van der Waals surface area contributed by atoms with Crippen molar-refractivity contribution in [2.24, 2.45) is 5.73 Å². The summed E-state index contributed by atoms with van der Waals surface area (Å²) in [5.74, 6) is 1.19. The van der Waals surface area contributed by atoms with Crippen LogP contribution in [-0.2, 0) is 6.42 Å². The van der Waals surface area contributed by atoms with Crippen LogP contribution in [0.15, 0.2) is 6.33 Å². The van der Waals surface area contributed by atoms with E-state index >= 15 is 0 Å². The maximum Gasteiger partial charge on any atom is 0.183 e. The van der Waals surface area contributed by atoms with Crippen molar-refractivity contribution in [1.82, 2.24) is 19.9 Å². The van der Waals surface area contributed by atoms with Crippen LogP contribution in [-0.4, -0.2) is 25.5 Å². The van der Waals surface area contributed by atoms with E-state index in [0.717, 1.165) is 5.82 Å². The summed E-state index contributed by atoms with van der Waals surface area (Å²) < 4.78 is 0. The van der Waals surface area contributed by atoms with E-state index in [1.54, 1.807) is 0 Å². The number of hydrogen-bond donors (Lipinski definition) is 3. The second-order valence-electron chi connectivity index (χ2n) is 4.31. The number of nitrogens with one attached hydrogen (secondary N) is 1. The fourth-order valence-corrected chi connectivity index (χ4v) is 1.41. The van der Waals surface area contributed by atoms with E-state index in [-0.39, 0.29) is 5.54 Å². The van der Waals surface area contributed by atoms with E-state index in [1.165, 1.54) is 6.33 Å². The minimum atomic E-state index is -0.309. The van der Waals surface area contributed by atoms with E-state index in [1.807, 2.05) is 13.8 Å². The van der Waals surface area contributed by atoms with Crippen LogP contribution in [0.1, 0.15) is 19.7 Å². The Bertz CT molecular complexity index is 481. The molecule has 2 aromatic heterocycles. The Morgan fingerprint density at radius 1 is 1.40 bits per heavy atom. The second-order valence-corrected chi connectivity index (χ2v) is 4.31. The fraction of sp³-hybridized carbons (Fsp3) is 0.444. The van der Waals surface area contributed by atoms with Gasteiger partial charge < -0.3 is 16.5 Å². The maximum atomic E-state index is 5.90. The van der Waals surface area contributed by atoms with Gasteiger partial charge in [-0.1, -0.05) is 0 Å². The van der Waals surface area contributed by atoms with Crippen LogP contribution < -0.4 is 11.5 Å². The van der Waals surface area contributed by atoms with Crippen molar-refractivity contribution < 1.29 is 0 Å². The van der Waals surface area contributed by atoms with E-state index in [0.29, 0.717) is 23.4 Å². The van der Waals surface area contributed by atoms with Crippen molar-refractivity contribution >= 4 is 17.0 Å². The number of aromatic nitrogens is 4. The van der Waals surface area contributed by atoms with Gasteiger partial charge in [-0.25, -0.2) is 15.0 Å². The van der Waals surface area contributed by atoms with Crippen LogP contribution in [0.4, 0.5) is 5.82 Å². The maximum absolute atomic E-state index is 5.90. The van der Waals surface area contributed by atoms with Gasteiger partial charge >= 0.3 is 0 Å². The predicted octanol–water partition coefficient (Wildman–Crippen LogP) is 0.215. The van der Waals surface area contributed by atoms with Gasteiger partial charge in [0.25, 0.3) is 0 Å². The number of rotatable bonds is 2. The standard InChI is InChI=1S/C9H14N6/c1-9(2,11)3-5-14-6-7(10)12-4-13-8(6)15-5/h4H,3,11H2,1-2H3,(H3,10,12,13,14,15). The Balaban J connectivity index is 2.44. The number of imidazole rings is 1. The van der Waals surface area contributed by atoms with Gasteiger partial charge in [0.05, 0.1) is 0 Å². The van der Waals surface area contributed by atoms with Crippen LogP contribution >= 0.6 is 0 Å². The molecule has 6 nitrogen and oxygen atoms in total. The third-order valence-electron chi connectivity index (χ3n) is 1.99. The Hall–Kier alpha value is -1.69. The first kappa shape index (κ1) is 9.85. The summed E-state index contributed by atoms with van der Waals surface area (Å²) >= 11 is 0. The highest BCUT2D eigenvalue weighted by Gasteiger charge is 2.15. The fourth-order valence-electron chi connectivity index (χ4n) is 1.41. The molecule has 0 spiro atoms. The highest BCUT2D eigenvalue weighted by atomic mass is 15.0. The van der Waals surface area contributed by atoms with Crippen molar-refractivity contribution in [3.8, 4) is 0 Å². The third-order valence-corrected chi connectivity index (χ3v) is 1.99. The molecule has 0 amide bonds. The average molecular weight is 206 g/mol. The first-order valence-corrected chi connectivity index (χ1v) is 4.70. The Kier molecular flexibility index (Phi) is 2.08. The lowest BCUT2D eigenvalue weighted by Crippen LogP contribution is -2.34. The molecule has 0 aliphatic heterocycles. The zero-order valence-corrected chi connectivity index (χ0v) is 8.78. The number of aromatic amines is 1. The molecule has 2 rings (SSSR count). The SMILES string of the molecule is CC(C)(N)Cc1nc2ncnc(N)c2[nH]1. The zero-order valence-electron chi connectivity index (χ0n) is 8.78. The molecular formula is C9H14N6. The van der Waals surface area contributed by atoms with Crippen LogP contribution in [0.3, 0.4) is 0 Å². The highest BCUT2D eigenvalue weighted by molar-refractivity contribution is 5.80. The van der Waals surface area contributed by atoms with Gasteiger partial charge in [-0.05, 0) is 13.8 Å². The molecule has 2 aromatic rings. The summed E-state index contributed by atoms with van der Waals surface area (Å²) in [6, 6.07) is 0. The molecule has 0 atom stereocenters. The number of anilines is 1. The lowest BCUT2D eigenvalue weighted by Gasteiger charge is -2.15. The van der Waals surface area contributed by atoms with Crippen LogP contribution in [0, 0.1) is 0 Å². The largest absolute Gasteiger partial charge is 0.382 e. The van der Waals surface area contributed by atoms with Gasteiger partial charge in [0.2, 0.25) is 0 Å². The van der Waals surface area contributed by atoms with Gasteiger partial charge in [0.1, 0.15) is 17.7 Å². The van der Waals surface area contributed by atoms with Crippen molar-refractivity contribution in [1.29, 1.82) is 0 Å². The van der Waals surface area contributed by atoms with Crippen LogP contribution in [0.5, 0.6) is 0 Å². The average Bonchev–Trinajstić information content (AvgIpc) is 2.45. The molecule has 0 fully saturated rings. The summed E-state index contributed by atoms with van der Waals surface area (Å²) in [5.41, 5.74) is 12.5. The Labute approximate surface area is 87.1 Å². The number of nitrogen functional groups attached to an aromatic ring is 1. The highest BCUT2D eigenvalue weighted by Crippen LogP contribution is 2.15. The lowest BCUT2D eigenvalue weighted by atomic mass is 10.0.